The number of ether oxygens (including phenoxy) is 3. The van der Waals surface area contributed by atoms with Gasteiger partial charge in [-0.3, -0.25) is 4.79 Å². The fourth-order valence-electron chi connectivity index (χ4n) is 2.91. The first-order chi connectivity index (χ1) is 14.6. The Hall–Kier alpha value is -3.12. The summed E-state index contributed by atoms with van der Waals surface area (Å²) < 4.78 is 15.9. The number of methoxy groups -OCH3 is 1. The fourth-order valence-corrected chi connectivity index (χ4v) is 3.17. The standard InChI is InChI=1S/C24H24ClNO5/c1-6-20(27)30-21-17(25)11-14(13-19(21)29-5)12-18-23(28)31-22(26-18)15-7-9-16(10-8-15)24(2,3)4/h7-13H,6H2,1-5H3. The smallest absolute Gasteiger partial charge is 0.363 e. The maximum absolute atomic E-state index is 12.3. The lowest BCUT2D eigenvalue weighted by Crippen LogP contribution is -2.11. The Labute approximate surface area is 186 Å². The average molecular weight is 442 g/mol. The molecule has 0 unspecified atom stereocenters. The van der Waals surface area contributed by atoms with Crippen molar-refractivity contribution in [3.05, 3.63) is 63.8 Å². The van der Waals surface area contributed by atoms with Gasteiger partial charge in [-0.05, 0) is 46.9 Å². The number of cyclic esters (lactones) is 1. The van der Waals surface area contributed by atoms with E-state index in [1.807, 2.05) is 24.3 Å². The Morgan fingerprint density at radius 2 is 1.87 bits per heavy atom. The molecule has 7 heteroatoms. The lowest BCUT2D eigenvalue weighted by atomic mass is 9.87. The maximum atomic E-state index is 12.3. The van der Waals surface area contributed by atoms with Gasteiger partial charge in [-0.25, -0.2) is 9.79 Å². The van der Waals surface area contributed by atoms with Crippen LogP contribution in [0.2, 0.25) is 5.02 Å². The molecule has 1 aliphatic rings. The van der Waals surface area contributed by atoms with Gasteiger partial charge >= 0.3 is 11.9 Å². The van der Waals surface area contributed by atoms with E-state index in [-0.39, 0.29) is 40.0 Å². The third-order valence-electron chi connectivity index (χ3n) is 4.68. The highest BCUT2D eigenvalue weighted by Gasteiger charge is 2.25. The van der Waals surface area contributed by atoms with Crippen molar-refractivity contribution in [2.75, 3.05) is 7.11 Å². The van der Waals surface area contributed by atoms with Crippen LogP contribution in [-0.2, 0) is 19.7 Å². The maximum Gasteiger partial charge on any atom is 0.363 e. The molecule has 3 rings (SSSR count). The molecule has 1 aliphatic heterocycles. The lowest BCUT2D eigenvalue weighted by Gasteiger charge is -2.18. The van der Waals surface area contributed by atoms with Crippen LogP contribution in [0.3, 0.4) is 0 Å². The van der Waals surface area contributed by atoms with Crippen LogP contribution in [0.25, 0.3) is 6.08 Å². The SMILES string of the molecule is CCC(=O)Oc1c(Cl)cc(C=C2N=C(c3ccc(C(C)(C)C)cc3)OC2=O)cc1OC. The second-order valence-electron chi connectivity index (χ2n) is 8.03. The molecule has 6 nitrogen and oxygen atoms in total. The van der Waals surface area contributed by atoms with Crippen molar-refractivity contribution in [2.45, 2.75) is 39.5 Å². The molecule has 0 N–H and O–H groups in total. The number of rotatable bonds is 5. The van der Waals surface area contributed by atoms with Gasteiger partial charge in [-0.2, -0.15) is 0 Å². The van der Waals surface area contributed by atoms with E-state index in [1.165, 1.54) is 12.7 Å². The third-order valence-corrected chi connectivity index (χ3v) is 4.96. The number of carbonyl (C=O) groups is 2. The van der Waals surface area contributed by atoms with Crippen LogP contribution in [0.4, 0.5) is 0 Å². The Balaban J connectivity index is 1.91. The zero-order chi connectivity index (χ0) is 22.8. The van der Waals surface area contributed by atoms with E-state index in [2.05, 4.69) is 25.8 Å². The zero-order valence-corrected chi connectivity index (χ0v) is 18.9. The lowest BCUT2D eigenvalue weighted by molar-refractivity contribution is -0.134. The second kappa shape index (κ2) is 8.94. The van der Waals surface area contributed by atoms with E-state index < -0.39 is 11.9 Å². The van der Waals surface area contributed by atoms with E-state index in [9.17, 15) is 9.59 Å². The number of esters is 2. The van der Waals surface area contributed by atoms with Crippen molar-refractivity contribution in [3.8, 4) is 11.5 Å². The predicted octanol–water partition coefficient (Wildman–Crippen LogP) is 5.31. The summed E-state index contributed by atoms with van der Waals surface area (Å²) in [4.78, 5) is 28.3. The molecule has 0 amide bonds. The summed E-state index contributed by atoms with van der Waals surface area (Å²) in [6.45, 7) is 8.07. The van der Waals surface area contributed by atoms with E-state index in [1.54, 1.807) is 25.1 Å². The minimum absolute atomic E-state index is 0.0215. The Kier molecular flexibility index (Phi) is 6.51. The van der Waals surface area contributed by atoms with Gasteiger partial charge in [0.2, 0.25) is 5.90 Å². The molecule has 0 spiro atoms. The molecule has 31 heavy (non-hydrogen) atoms. The van der Waals surface area contributed by atoms with Gasteiger partial charge in [-0.15, -0.1) is 0 Å². The number of halogens is 1. The van der Waals surface area contributed by atoms with Gasteiger partial charge in [0.25, 0.3) is 0 Å². The molecule has 0 radical (unpaired) electrons. The van der Waals surface area contributed by atoms with Crippen molar-refractivity contribution in [2.24, 2.45) is 4.99 Å². The number of benzene rings is 2. The van der Waals surface area contributed by atoms with Gasteiger partial charge in [0.15, 0.2) is 17.2 Å². The summed E-state index contributed by atoms with van der Waals surface area (Å²) in [6.07, 6.45) is 1.74. The molecule has 0 bridgehead atoms. The number of carbonyl (C=O) groups excluding carboxylic acids is 2. The van der Waals surface area contributed by atoms with E-state index >= 15 is 0 Å². The van der Waals surface area contributed by atoms with Gasteiger partial charge in [0, 0.05) is 12.0 Å². The Morgan fingerprint density at radius 1 is 1.19 bits per heavy atom. The summed E-state index contributed by atoms with van der Waals surface area (Å²) in [5.41, 5.74) is 2.59. The van der Waals surface area contributed by atoms with Crippen molar-refractivity contribution >= 4 is 35.5 Å². The Bertz CT molecular complexity index is 1080. The van der Waals surface area contributed by atoms with Crippen molar-refractivity contribution < 1.29 is 23.8 Å². The molecule has 0 saturated heterocycles. The minimum atomic E-state index is -0.563. The molecule has 1 heterocycles. The summed E-state index contributed by atoms with van der Waals surface area (Å²) >= 11 is 6.27. The summed E-state index contributed by atoms with van der Waals surface area (Å²) in [6, 6.07) is 10.9. The highest BCUT2D eigenvalue weighted by molar-refractivity contribution is 6.32. The highest BCUT2D eigenvalue weighted by atomic mass is 35.5. The van der Waals surface area contributed by atoms with E-state index in [0.29, 0.717) is 11.1 Å². The van der Waals surface area contributed by atoms with Crippen molar-refractivity contribution in [1.29, 1.82) is 0 Å². The molecular weight excluding hydrogens is 418 g/mol. The molecular formula is C24H24ClNO5. The number of aliphatic imine (C=N–C) groups is 1. The predicted molar refractivity (Wildman–Crippen MR) is 120 cm³/mol. The molecule has 0 atom stereocenters. The van der Waals surface area contributed by atoms with Crippen LogP contribution in [0, 0.1) is 0 Å². The average Bonchev–Trinajstić information content (AvgIpc) is 3.09. The van der Waals surface area contributed by atoms with E-state index in [0.717, 1.165) is 0 Å². The monoisotopic (exact) mass is 441 g/mol. The molecule has 2 aromatic carbocycles. The first-order valence-corrected chi connectivity index (χ1v) is 10.2. The zero-order valence-electron chi connectivity index (χ0n) is 18.1. The first kappa shape index (κ1) is 22.6. The topological polar surface area (TPSA) is 74.2 Å². The summed E-state index contributed by atoms with van der Waals surface area (Å²) in [7, 11) is 1.44. The van der Waals surface area contributed by atoms with Crippen LogP contribution < -0.4 is 9.47 Å². The molecule has 162 valence electrons. The number of nitrogens with zero attached hydrogens (tertiary/aromatic N) is 1. The van der Waals surface area contributed by atoms with Crippen molar-refractivity contribution in [1.82, 2.24) is 0 Å². The fraction of sp³-hybridized carbons (Fsp3) is 0.292. The quantitative estimate of drug-likeness (QED) is 0.357. The number of hydrogen-bond acceptors (Lipinski definition) is 6. The minimum Gasteiger partial charge on any atom is -0.493 e. The third kappa shape index (κ3) is 5.14. The van der Waals surface area contributed by atoms with Crippen LogP contribution in [0.5, 0.6) is 11.5 Å². The van der Waals surface area contributed by atoms with Gasteiger partial charge < -0.3 is 14.2 Å². The second-order valence-corrected chi connectivity index (χ2v) is 8.43. The summed E-state index contributed by atoms with van der Waals surface area (Å²) in [5.74, 6) is -0.350. The van der Waals surface area contributed by atoms with Gasteiger partial charge in [0.05, 0.1) is 12.1 Å². The van der Waals surface area contributed by atoms with Gasteiger partial charge in [0.1, 0.15) is 0 Å². The first-order valence-electron chi connectivity index (χ1n) is 9.84. The van der Waals surface area contributed by atoms with Gasteiger partial charge in [-0.1, -0.05) is 51.4 Å². The molecule has 0 fully saturated rings. The van der Waals surface area contributed by atoms with Crippen LogP contribution in [0.1, 0.15) is 50.8 Å². The van der Waals surface area contributed by atoms with Crippen LogP contribution in [0.15, 0.2) is 47.1 Å². The van der Waals surface area contributed by atoms with Crippen molar-refractivity contribution in [3.63, 3.8) is 0 Å². The normalized spacial score (nSPS) is 15.0. The van der Waals surface area contributed by atoms with E-state index in [4.69, 9.17) is 25.8 Å². The molecule has 0 aromatic heterocycles. The Morgan fingerprint density at radius 3 is 2.45 bits per heavy atom. The highest BCUT2D eigenvalue weighted by Crippen LogP contribution is 2.37. The molecule has 0 saturated carbocycles. The van der Waals surface area contributed by atoms with Crippen LogP contribution in [-0.4, -0.2) is 24.9 Å². The molecule has 0 aliphatic carbocycles. The number of hydrogen-bond donors (Lipinski definition) is 0. The largest absolute Gasteiger partial charge is 0.493 e. The summed E-state index contributed by atoms with van der Waals surface area (Å²) in [5, 5.41) is 0.182. The van der Waals surface area contributed by atoms with Crippen LogP contribution >= 0.6 is 11.6 Å². The molecule has 2 aromatic rings.